The number of nitrogens with one attached hydrogen (secondary N) is 1. The molecular weight excluding hydrogens is 255 g/mol. The van der Waals surface area contributed by atoms with Gasteiger partial charge in [0.25, 0.3) is 5.91 Å². The first-order valence-corrected chi connectivity index (χ1v) is 5.83. The Morgan fingerprint density at radius 3 is 2.22 bits per heavy atom. The summed E-state index contributed by atoms with van der Waals surface area (Å²) in [6.07, 6.45) is 1.60. The summed E-state index contributed by atoms with van der Waals surface area (Å²) in [4.78, 5) is 11.7. The van der Waals surface area contributed by atoms with E-state index in [1.165, 1.54) is 24.3 Å². The van der Waals surface area contributed by atoms with Crippen molar-refractivity contribution in [2.24, 2.45) is 5.73 Å². The van der Waals surface area contributed by atoms with Gasteiger partial charge in [-0.2, -0.15) is 0 Å². The molecule has 0 aromatic heterocycles. The number of benzene rings is 1. The van der Waals surface area contributed by atoms with E-state index in [-0.39, 0.29) is 29.7 Å². The number of amides is 1. The molecule has 1 rings (SSSR count). The van der Waals surface area contributed by atoms with Crippen LogP contribution in [0.2, 0.25) is 0 Å². The van der Waals surface area contributed by atoms with Crippen LogP contribution in [0.1, 0.15) is 37.0 Å². The Morgan fingerprint density at radius 2 is 1.78 bits per heavy atom. The van der Waals surface area contributed by atoms with E-state index in [4.69, 9.17) is 5.73 Å². The second-order valence-electron chi connectivity index (χ2n) is 4.26. The number of carbonyl (C=O) groups is 1. The fourth-order valence-corrected chi connectivity index (χ4v) is 1.46. The van der Waals surface area contributed by atoms with Crippen LogP contribution in [0.3, 0.4) is 0 Å². The average molecular weight is 275 g/mol. The molecule has 1 aromatic carbocycles. The van der Waals surface area contributed by atoms with E-state index in [2.05, 4.69) is 5.32 Å². The van der Waals surface area contributed by atoms with Crippen LogP contribution in [0.4, 0.5) is 4.39 Å². The van der Waals surface area contributed by atoms with Crippen LogP contribution in [-0.4, -0.2) is 18.0 Å². The van der Waals surface area contributed by atoms with Gasteiger partial charge in [0.15, 0.2) is 0 Å². The maximum atomic E-state index is 12.7. The number of carbonyl (C=O) groups excluding carboxylic acids is 1. The number of hydrogen-bond donors (Lipinski definition) is 2. The van der Waals surface area contributed by atoms with Gasteiger partial charge < -0.3 is 11.1 Å². The van der Waals surface area contributed by atoms with Crippen LogP contribution >= 0.6 is 12.4 Å². The van der Waals surface area contributed by atoms with E-state index >= 15 is 0 Å². The number of hydrogen-bond acceptors (Lipinski definition) is 2. The Labute approximate surface area is 113 Å². The summed E-state index contributed by atoms with van der Waals surface area (Å²) in [5.41, 5.74) is 6.15. The summed E-state index contributed by atoms with van der Waals surface area (Å²) in [5.74, 6) is -0.571. The average Bonchev–Trinajstić information content (AvgIpc) is 2.36. The molecule has 0 spiro atoms. The zero-order valence-electron chi connectivity index (χ0n) is 10.7. The Kier molecular flexibility index (Phi) is 6.88. The largest absolute Gasteiger partial charge is 0.350 e. The molecule has 0 saturated carbocycles. The third kappa shape index (κ3) is 4.63. The van der Waals surface area contributed by atoms with Crippen molar-refractivity contribution < 1.29 is 9.18 Å². The summed E-state index contributed by atoms with van der Waals surface area (Å²) < 4.78 is 12.7. The number of halogens is 2. The van der Waals surface area contributed by atoms with Crippen LogP contribution in [0.5, 0.6) is 0 Å². The zero-order chi connectivity index (χ0) is 12.9. The molecule has 0 radical (unpaired) electrons. The molecule has 0 aliphatic rings. The van der Waals surface area contributed by atoms with Crippen LogP contribution in [0.25, 0.3) is 0 Å². The Morgan fingerprint density at radius 1 is 1.28 bits per heavy atom. The summed E-state index contributed by atoms with van der Waals surface area (Å²) >= 11 is 0. The fourth-order valence-electron chi connectivity index (χ4n) is 1.46. The van der Waals surface area contributed by atoms with Gasteiger partial charge >= 0.3 is 0 Å². The van der Waals surface area contributed by atoms with E-state index in [0.29, 0.717) is 12.1 Å². The van der Waals surface area contributed by atoms with Crippen molar-refractivity contribution in [3.63, 3.8) is 0 Å². The molecule has 5 heteroatoms. The predicted octanol–water partition coefficient (Wildman–Crippen LogP) is 2.49. The monoisotopic (exact) mass is 274 g/mol. The number of nitrogens with two attached hydrogens (primary N) is 1. The van der Waals surface area contributed by atoms with Gasteiger partial charge in [-0.25, -0.2) is 4.39 Å². The maximum absolute atomic E-state index is 12.7. The van der Waals surface area contributed by atoms with Gasteiger partial charge in [-0.3, -0.25) is 4.79 Å². The van der Waals surface area contributed by atoms with E-state index in [0.717, 1.165) is 12.8 Å². The first-order chi connectivity index (χ1) is 8.00. The van der Waals surface area contributed by atoms with E-state index < -0.39 is 0 Å². The molecule has 102 valence electrons. The Hall–Kier alpha value is -1.13. The molecule has 0 bridgehead atoms. The van der Waals surface area contributed by atoms with Crippen LogP contribution in [0, 0.1) is 5.82 Å². The third-order valence-electron chi connectivity index (χ3n) is 3.12. The molecular formula is C13H20ClFN2O. The van der Waals surface area contributed by atoms with Crippen molar-refractivity contribution in [3.8, 4) is 0 Å². The van der Waals surface area contributed by atoms with E-state index in [1.807, 2.05) is 13.8 Å². The van der Waals surface area contributed by atoms with Crippen LogP contribution in [-0.2, 0) is 0 Å². The van der Waals surface area contributed by atoms with Crippen molar-refractivity contribution in [1.29, 1.82) is 0 Å². The van der Waals surface area contributed by atoms with Crippen molar-refractivity contribution in [2.75, 3.05) is 6.54 Å². The lowest BCUT2D eigenvalue weighted by molar-refractivity contribution is 0.0942. The Balaban J connectivity index is 0.00000289. The molecule has 0 saturated heterocycles. The molecule has 1 aromatic rings. The lowest BCUT2D eigenvalue weighted by Gasteiger charge is -2.26. The van der Waals surface area contributed by atoms with Gasteiger partial charge in [-0.15, -0.1) is 12.4 Å². The van der Waals surface area contributed by atoms with Gasteiger partial charge in [0.2, 0.25) is 0 Å². The highest BCUT2D eigenvalue weighted by Crippen LogP contribution is 2.10. The predicted molar refractivity (Wildman–Crippen MR) is 73.5 cm³/mol. The molecule has 18 heavy (non-hydrogen) atoms. The SMILES string of the molecule is CCC(N)(CC)CNC(=O)c1ccc(F)cc1.Cl. The van der Waals surface area contributed by atoms with Crippen LogP contribution in [0.15, 0.2) is 24.3 Å². The molecule has 3 N–H and O–H groups in total. The Bertz CT molecular complexity index is 377. The second kappa shape index (κ2) is 7.34. The molecule has 1 amide bonds. The summed E-state index contributed by atoms with van der Waals surface area (Å²) in [6, 6.07) is 5.45. The van der Waals surface area contributed by atoms with Crippen molar-refractivity contribution in [3.05, 3.63) is 35.6 Å². The zero-order valence-corrected chi connectivity index (χ0v) is 11.5. The quantitative estimate of drug-likeness (QED) is 0.867. The van der Waals surface area contributed by atoms with Gasteiger partial charge in [-0.1, -0.05) is 13.8 Å². The minimum atomic E-state index is -0.365. The van der Waals surface area contributed by atoms with Gasteiger partial charge in [0.1, 0.15) is 5.82 Å². The van der Waals surface area contributed by atoms with E-state index in [1.54, 1.807) is 0 Å². The van der Waals surface area contributed by atoms with E-state index in [9.17, 15) is 9.18 Å². The maximum Gasteiger partial charge on any atom is 0.251 e. The first kappa shape index (κ1) is 16.9. The molecule has 3 nitrogen and oxygen atoms in total. The lowest BCUT2D eigenvalue weighted by atomic mass is 9.94. The van der Waals surface area contributed by atoms with Gasteiger partial charge in [-0.05, 0) is 37.1 Å². The second-order valence-corrected chi connectivity index (χ2v) is 4.26. The molecule has 0 heterocycles. The normalized spacial score (nSPS) is 10.7. The highest BCUT2D eigenvalue weighted by Gasteiger charge is 2.21. The molecule has 0 aliphatic carbocycles. The lowest BCUT2D eigenvalue weighted by Crippen LogP contribution is -2.49. The minimum Gasteiger partial charge on any atom is -0.350 e. The van der Waals surface area contributed by atoms with Crippen molar-refractivity contribution in [2.45, 2.75) is 32.2 Å². The molecule has 0 fully saturated rings. The smallest absolute Gasteiger partial charge is 0.251 e. The summed E-state index contributed by atoms with van der Waals surface area (Å²) in [5, 5.41) is 2.77. The summed E-state index contributed by atoms with van der Waals surface area (Å²) in [7, 11) is 0. The molecule has 0 unspecified atom stereocenters. The standard InChI is InChI=1S/C13H19FN2O.ClH/c1-3-13(15,4-2)9-16-12(17)10-5-7-11(14)8-6-10;/h5-8H,3-4,9,15H2,1-2H3,(H,16,17);1H. The minimum absolute atomic E-state index is 0. The van der Waals surface area contributed by atoms with Crippen LogP contribution < -0.4 is 11.1 Å². The first-order valence-electron chi connectivity index (χ1n) is 5.83. The molecule has 0 aliphatic heterocycles. The highest BCUT2D eigenvalue weighted by molar-refractivity contribution is 5.94. The van der Waals surface area contributed by atoms with Gasteiger partial charge in [0.05, 0.1) is 0 Å². The topological polar surface area (TPSA) is 55.1 Å². The molecule has 0 atom stereocenters. The van der Waals surface area contributed by atoms with Crippen molar-refractivity contribution >= 4 is 18.3 Å². The van der Waals surface area contributed by atoms with Crippen molar-refractivity contribution in [1.82, 2.24) is 5.32 Å². The van der Waals surface area contributed by atoms with Gasteiger partial charge in [0, 0.05) is 17.6 Å². The number of rotatable bonds is 5. The third-order valence-corrected chi connectivity index (χ3v) is 3.12. The summed E-state index contributed by atoms with van der Waals surface area (Å²) in [6.45, 7) is 4.41. The highest BCUT2D eigenvalue weighted by atomic mass is 35.5. The fraction of sp³-hybridized carbons (Fsp3) is 0.462.